The van der Waals surface area contributed by atoms with Gasteiger partial charge in [0, 0.05) is 12.6 Å². The maximum absolute atomic E-state index is 12.8. The van der Waals surface area contributed by atoms with Crippen molar-refractivity contribution in [2.24, 2.45) is 0 Å². The molecular formula is C17H26N2O3. The van der Waals surface area contributed by atoms with Crippen molar-refractivity contribution >= 4 is 11.8 Å². The molecular weight excluding hydrogens is 280 g/mol. The van der Waals surface area contributed by atoms with Gasteiger partial charge in [0.1, 0.15) is 17.6 Å². The Balaban J connectivity index is 2.17. The van der Waals surface area contributed by atoms with Crippen molar-refractivity contribution < 1.29 is 14.0 Å². The number of likely N-dealkylation sites (tertiary alicyclic amines) is 1. The smallest absolute Gasteiger partial charge is 0.258 e. The van der Waals surface area contributed by atoms with Gasteiger partial charge in [0.2, 0.25) is 5.91 Å². The van der Waals surface area contributed by atoms with E-state index in [0.717, 1.165) is 31.4 Å². The predicted octanol–water partition coefficient (Wildman–Crippen LogP) is 2.81. The third-order valence-corrected chi connectivity index (χ3v) is 4.34. The maximum atomic E-state index is 12.8. The van der Waals surface area contributed by atoms with Gasteiger partial charge < -0.3 is 14.6 Å². The number of carbonyl (C=O) groups excluding carboxylic acids is 2. The number of nitrogens with one attached hydrogen (secondary N) is 1. The molecule has 22 heavy (non-hydrogen) atoms. The van der Waals surface area contributed by atoms with Crippen LogP contribution < -0.4 is 5.32 Å². The second-order valence-corrected chi connectivity index (χ2v) is 6.15. The van der Waals surface area contributed by atoms with E-state index < -0.39 is 0 Å². The summed E-state index contributed by atoms with van der Waals surface area (Å²) >= 11 is 0. The van der Waals surface area contributed by atoms with Crippen molar-refractivity contribution in [3.05, 3.63) is 23.2 Å². The summed E-state index contributed by atoms with van der Waals surface area (Å²) in [6.07, 6.45) is 3.52. The summed E-state index contributed by atoms with van der Waals surface area (Å²) in [7, 11) is 0. The highest BCUT2D eigenvalue weighted by molar-refractivity contribution is 5.98. The molecule has 2 atom stereocenters. The molecule has 0 unspecified atom stereocenters. The number of aryl methyl sites for hydroxylation is 2. The van der Waals surface area contributed by atoms with Gasteiger partial charge in [-0.2, -0.15) is 0 Å². The van der Waals surface area contributed by atoms with Crippen molar-refractivity contribution in [1.29, 1.82) is 0 Å². The van der Waals surface area contributed by atoms with Crippen LogP contribution in [0, 0.1) is 13.8 Å². The minimum Gasteiger partial charge on any atom is -0.466 e. The van der Waals surface area contributed by atoms with Gasteiger partial charge in [-0.15, -0.1) is 0 Å². The van der Waals surface area contributed by atoms with Gasteiger partial charge in [-0.25, -0.2) is 0 Å². The number of rotatable bonds is 4. The normalized spacial score (nSPS) is 19.8. The molecule has 1 fully saturated rings. The Morgan fingerprint density at radius 3 is 2.73 bits per heavy atom. The molecule has 2 amide bonds. The van der Waals surface area contributed by atoms with E-state index in [1.54, 1.807) is 17.9 Å². The summed E-state index contributed by atoms with van der Waals surface area (Å²) < 4.78 is 5.46. The van der Waals surface area contributed by atoms with Crippen molar-refractivity contribution in [2.75, 3.05) is 6.54 Å². The molecule has 5 heteroatoms. The SMILES string of the molecule is CC[C@H](C)NC(=O)[C@@H]1CCCCN1C(=O)c1cc(C)oc1C. The summed E-state index contributed by atoms with van der Waals surface area (Å²) in [5.74, 6) is 1.20. The van der Waals surface area contributed by atoms with Crippen LogP contribution in [0.15, 0.2) is 10.5 Å². The maximum Gasteiger partial charge on any atom is 0.258 e. The fourth-order valence-corrected chi connectivity index (χ4v) is 2.89. The Kier molecular flexibility index (Phi) is 5.27. The molecule has 0 spiro atoms. The average Bonchev–Trinajstić information content (AvgIpc) is 2.84. The third kappa shape index (κ3) is 3.51. The highest BCUT2D eigenvalue weighted by Gasteiger charge is 2.34. The van der Waals surface area contributed by atoms with Crippen LogP contribution >= 0.6 is 0 Å². The van der Waals surface area contributed by atoms with E-state index in [9.17, 15) is 9.59 Å². The first-order valence-electron chi connectivity index (χ1n) is 8.12. The zero-order valence-corrected chi connectivity index (χ0v) is 13.9. The largest absolute Gasteiger partial charge is 0.466 e. The zero-order valence-electron chi connectivity index (χ0n) is 13.9. The van der Waals surface area contributed by atoms with Gasteiger partial charge >= 0.3 is 0 Å². The molecule has 0 bridgehead atoms. The van der Waals surface area contributed by atoms with Gasteiger partial charge in [0.25, 0.3) is 5.91 Å². The molecule has 0 saturated carbocycles. The van der Waals surface area contributed by atoms with Gasteiger partial charge in [-0.05, 0) is 52.5 Å². The van der Waals surface area contributed by atoms with E-state index >= 15 is 0 Å². The van der Waals surface area contributed by atoms with Crippen LogP contribution in [0.25, 0.3) is 0 Å². The fraction of sp³-hybridized carbons (Fsp3) is 0.647. The van der Waals surface area contributed by atoms with Crippen LogP contribution in [0.5, 0.6) is 0 Å². The molecule has 5 nitrogen and oxygen atoms in total. The van der Waals surface area contributed by atoms with Gasteiger partial charge in [-0.1, -0.05) is 6.92 Å². The first-order chi connectivity index (χ1) is 10.4. The van der Waals surface area contributed by atoms with Gasteiger partial charge in [0.05, 0.1) is 5.56 Å². The van der Waals surface area contributed by atoms with Crippen LogP contribution in [0.4, 0.5) is 0 Å². The third-order valence-electron chi connectivity index (χ3n) is 4.34. The highest BCUT2D eigenvalue weighted by atomic mass is 16.3. The standard InChI is InChI=1S/C17H26N2O3/c1-5-11(2)18-16(20)15-8-6-7-9-19(15)17(21)14-10-12(3)22-13(14)4/h10-11,15H,5-9H2,1-4H3,(H,18,20)/t11-,15-/m0/s1. The number of furan rings is 1. The molecule has 0 radical (unpaired) electrons. The monoisotopic (exact) mass is 306 g/mol. The molecule has 1 aliphatic rings. The molecule has 0 aromatic carbocycles. The molecule has 1 N–H and O–H groups in total. The van der Waals surface area contributed by atoms with Gasteiger partial charge in [-0.3, -0.25) is 9.59 Å². The van der Waals surface area contributed by atoms with Gasteiger partial charge in [0.15, 0.2) is 0 Å². The minimum absolute atomic E-state index is 0.0414. The lowest BCUT2D eigenvalue weighted by Crippen LogP contribution is -2.53. The summed E-state index contributed by atoms with van der Waals surface area (Å²) in [6, 6.07) is 1.52. The van der Waals surface area contributed by atoms with E-state index in [0.29, 0.717) is 17.9 Å². The van der Waals surface area contributed by atoms with E-state index in [4.69, 9.17) is 4.42 Å². The quantitative estimate of drug-likeness (QED) is 0.930. The number of hydrogen-bond acceptors (Lipinski definition) is 3. The summed E-state index contributed by atoms with van der Waals surface area (Å²) in [5, 5.41) is 3.00. The average molecular weight is 306 g/mol. The first kappa shape index (κ1) is 16.6. The highest BCUT2D eigenvalue weighted by Crippen LogP contribution is 2.23. The van der Waals surface area contributed by atoms with Crippen LogP contribution in [0.3, 0.4) is 0 Å². The van der Waals surface area contributed by atoms with E-state index in [1.165, 1.54) is 0 Å². The number of hydrogen-bond donors (Lipinski definition) is 1. The Bertz CT molecular complexity index is 550. The van der Waals surface area contributed by atoms with E-state index in [1.807, 2.05) is 20.8 Å². The van der Waals surface area contributed by atoms with Crippen molar-refractivity contribution in [2.45, 2.75) is 65.5 Å². The zero-order chi connectivity index (χ0) is 16.3. The molecule has 1 saturated heterocycles. The van der Waals surface area contributed by atoms with Crippen molar-refractivity contribution in [3.8, 4) is 0 Å². The van der Waals surface area contributed by atoms with E-state index in [-0.39, 0.29) is 23.9 Å². The van der Waals surface area contributed by atoms with Crippen LogP contribution in [0.2, 0.25) is 0 Å². The lowest BCUT2D eigenvalue weighted by molar-refractivity contribution is -0.127. The minimum atomic E-state index is -0.371. The van der Waals surface area contributed by atoms with Crippen molar-refractivity contribution in [3.63, 3.8) is 0 Å². The Labute approximate surface area is 132 Å². The lowest BCUT2D eigenvalue weighted by Gasteiger charge is -2.35. The second-order valence-electron chi connectivity index (χ2n) is 6.15. The molecule has 1 aromatic heterocycles. The molecule has 0 aliphatic carbocycles. The summed E-state index contributed by atoms with van der Waals surface area (Å²) in [4.78, 5) is 27.0. The lowest BCUT2D eigenvalue weighted by atomic mass is 9.99. The Morgan fingerprint density at radius 1 is 1.41 bits per heavy atom. The summed E-state index contributed by atoms with van der Waals surface area (Å²) in [5.41, 5.74) is 0.570. The van der Waals surface area contributed by atoms with Crippen molar-refractivity contribution in [1.82, 2.24) is 10.2 Å². The first-order valence-corrected chi connectivity index (χ1v) is 8.12. The molecule has 2 rings (SSSR count). The fourth-order valence-electron chi connectivity index (χ4n) is 2.89. The van der Waals surface area contributed by atoms with E-state index in [2.05, 4.69) is 5.32 Å². The number of nitrogens with zero attached hydrogens (tertiary/aromatic N) is 1. The second kappa shape index (κ2) is 6.99. The van der Waals surface area contributed by atoms with Crippen LogP contribution in [-0.4, -0.2) is 35.3 Å². The number of carbonyl (C=O) groups is 2. The molecule has 122 valence electrons. The molecule has 1 aliphatic heterocycles. The number of piperidine rings is 1. The van der Waals surface area contributed by atoms with Crippen LogP contribution in [0.1, 0.15) is 61.4 Å². The summed E-state index contributed by atoms with van der Waals surface area (Å²) in [6.45, 7) is 8.26. The number of amides is 2. The Morgan fingerprint density at radius 2 is 2.14 bits per heavy atom. The Hall–Kier alpha value is -1.78. The van der Waals surface area contributed by atoms with Crippen LogP contribution in [-0.2, 0) is 4.79 Å². The predicted molar refractivity (Wildman–Crippen MR) is 84.8 cm³/mol. The molecule has 1 aromatic rings. The topological polar surface area (TPSA) is 62.6 Å². The molecule has 2 heterocycles.